The van der Waals surface area contributed by atoms with E-state index in [1.165, 1.54) is 71.3 Å². The predicted octanol–water partition coefficient (Wildman–Crippen LogP) is 14.4. The third-order valence-electron chi connectivity index (χ3n) is 11.6. The summed E-state index contributed by atoms with van der Waals surface area (Å²) in [5, 5.41) is 7.53. The summed E-state index contributed by atoms with van der Waals surface area (Å²) in [4.78, 5) is 2.30. The molecule has 2 nitrogen and oxygen atoms in total. The van der Waals surface area contributed by atoms with Crippen LogP contribution < -0.4 is 9.64 Å². The van der Waals surface area contributed by atoms with Crippen molar-refractivity contribution in [3.8, 4) is 44.9 Å². The molecule has 0 aromatic heterocycles. The molecule has 1 aliphatic heterocycles. The molecular formula is C51H35NO. The van der Waals surface area contributed by atoms with Crippen molar-refractivity contribution in [2.45, 2.75) is 19.3 Å². The number of nitrogens with zero attached hydrogens (tertiary/aromatic N) is 1. The lowest BCUT2D eigenvalue weighted by atomic mass is 9.79. The molecule has 2 aliphatic rings. The standard InChI is InChI=1S/C51H35NO/c1-51(2)42-25-13-12-24-40(42)50-35-19-7-6-18-34(35)41(31-43(50)51)49-38-22-10-8-20-36(38)48(37-21-9-11-23-39(37)49)32-28-29-45-47(30-32)53-46-27-15-14-26-44(46)52(45)33-16-4-3-5-17-33/h3-31H,1-2H3. The van der Waals surface area contributed by atoms with Crippen molar-refractivity contribution in [1.82, 2.24) is 0 Å². The number of ether oxygens (including phenoxy) is 1. The minimum atomic E-state index is -0.119. The molecule has 0 saturated heterocycles. The Morgan fingerprint density at radius 1 is 0.396 bits per heavy atom. The van der Waals surface area contributed by atoms with Crippen LogP contribution in [0.15, 0.2) is 176 Å². The van der Waals surface area contributed by atoms with Gasteiger partial charge < -0.3 is 9.64 Å². The van der Waals surface area contributed by atoms with Gasteiger partial charge in [0.25, 0.3) is 0 Å². The van der Waals surface area contributed by atoms with Gasteiger partial charge in [-0.3, -0.25) is 0 Å². The lowest BCUT2D eigenvalue weighted by Gasteiger charge is -2.33. The Labute approximate surface area is 309 Å². The SMILES string of the molecule is CC1(C)c2ccccc2-c2c1cc(-c1c3ccccc3c(-c3ccc4c(c3)Oc3ccccc3N4c3ccccc3)c3ccccc13)c1ccccc21. The van der Waals surface area contributed by atoms with Gasteiger partial charge in [-0.05, 0) is 119 Å². The molecule has 0 N–H and O–H groups in total. The van der Waals surface area contributed by atoms with Crippen LogP contribution in [0.25, 0.3) is 65.7 Å². The number of para-hydroxylation sites is 3. The fraction of sp³-hybridized carbons (Fsp3) is 0.0588. The van der Waals surface area contributed by atoms with Crippen LogP contribution in [0.3, 0.4) is 0 Å². The van der Waals surface area contributed by atoms with Gasteiger partial charge >= 0.3 is 0 Å². The number of hydrogen-bond acceptors (Lipinski definition) is 2. The molecule has 0 radical (unpaired) electrons. The third kappa shape index (κ3) is 4.27. The van der Waals surface area contributed by atoms with Gasteiger partial charge in [-0.2, -0.15) is 0 Å². The monoisotopic (exact) mass is 677 g/mol. The van der Waals surface area contributed by atoms with Crippen LogP contribution in [-0.4, -0.2) is 0 Å². The fourth-order valence-corrected chi connectivity index (χ4v) is 9.25. The zero-order valence-corrected chi connectivity index (χ0v) is 29.6. The molecule has 0 spiro atoms. The van der Waals surface area contributed by atoms with Gasteiger partial charge in [-0.25, -0.2) is 0 Å². The molecule has 11 rings (SSSR count). The Morgan fingerprint density at radius 3 is 1.66 bits per heavy atom. The van der Waals surface area contributed by atoms with Crippen LogP contribution in [0.2, 0.25) is 0 Å². The Morgan fingerprint density at radius 2 is 0.943 bits per heavy atom. The van der Waals surface area contributed by atoms with Crippen LogP contribution in [0.4, 0.5) is 17.1 Å². The summed E-state index contributed by atoms with van der Waals surface area (Å²) in [6, 6.07) is 64.0. The van der Waals surface area contributed by atoms with Crippen molar-refractivity contribution < 1.29 is 4.74 Å². The van der Waals surface area contributed by atoms with E-state index in [1.807, 2.05) is 6.07 Å². The highest BCUT2D eigenvalue weighted by Crippen LogP contribution is 2.56. The molecule has 1 heterocycles. The third-order valence-corrected chi connectivity index (χ3v) is 11.6. The Kier molecular flexibility index (Phi) is 6.33. The number of hydrogen-bond donors (Lipinski definition) is 0. The van der Waals surface area contributed by atoms with Crippen molar-refractivity contribution in [3.05, 3.63) is 187 Å². The van der Waals surface area contributed by atoms with Crippen molar-refractivity contribution >= 4 is 49.4 Å². The zero-order chi connectivity index (χ0) is 35.3. The van der Waals surface area contributed by atoms with Crippen molar-refractivity contribution in [2.75, 3.05) is 4.90 Å². The summed E-state index contributed by atoms with van der Waals surface area (Å²) in [5.74, 6) is 1.69. The Bertz CT molecular complexity index is 2900. The van der Waals surface area contributed by atoms with Crippen molar-refractivity contribution in [2.24, 2.45) is 0 Å². The molecule has 250 valence electrons. The summed E-state index contributed by atoms with van der Waals surface area (Å²) in [6.45, 7) is 4.76. The number of fused-ring (bicyclic) bond motifs is 9. The van der Waals surface area contributed by atoms with E-state index < -0.39 is 0 Å². The zero-order valence-electron chi connectivity index (χ0n) is 29.6. The summed E-state index contributed by atoms with van der Waals surface area (Å²) >= 11 is 0. The van der Waals surface area contributed by atoms with Crippen LogP contribution in [0.5, 0.6) is 11.5 Å². The molecule has 9 aromatic carbocycles. The maximum absolute atomic E-state index is 6.70. The van der Waals surface area contributed by atoms with Gasteiger partial charge in [0.05, 0.1) is 11.4 Å². The van der Waals surface area contributed by atoms with E-state index in [1.54, 1.807) is 0 Å². The van der Waals surface area contributed by atoms with Crippen molar-refractivity contribution in [3.63, 3.8) is 0 Å². The van der Waals surface area contributed by atoms with E-state index >= 15 is 0 Å². The fourth-order valence-electron chi connectivity index (χ4n) is 9.25. The highest BCUT2D eigenvalue weighted by atomic mass is 16.5. The van der Waals surface area contributed by atoms with Crippen molar-refractivity contribution in [1.29, 1.82) is 0 Å². The van der Waals surface area contributed by atoms with Gasteiger partial charge in [-0.1, -0.05) is 147 Å². The topological polar surface area (TPSA) is 12.5 Å². The average molecular weight is 678 g/mol. The Hall–Kier alpha value is -6.64. The summed E-state index contributed by atoms with van der Waals surface area (Å²) in [7, 11) is 0. The second kappa shape index (κ2) is 11.2. The molecule has 53 heavy (non-hydrogen) atoms. The highest BCUT2D eigenvalue weighted by molar-refractivity contribution is 6.24. The molecule has 0 amide bonds. The number of anilines is 3. The van der Waals surface area contributed by atoms with Crippen LogP contribution in [0.1, 0.15) is 25.0 Å². The van der Waals surface area contributed by atoms with Crippen LogP contribution in [0, 0.1) is 0 Å². The second-order valence-electron chi connectivity index (χ2n) is 14.8. The first kappa shape index (κ1) is 30.0. The van der Waals surface area contributed by atoms with Gasteiger partial charge in [0.2, 0.25) is 0 Å². The first-order valence-electron chi connectivity index (χ1n) is 18.4. The van der Waals surface area contributed by atoms with Crippen LogP contribution >= 0.6 is 0 Å². The first-order chi connectivity index (χ1) is 26.1. The largest absolute Gasteiger partial charge is 0.453 e. The Balaban J connectivity index is 1.18. The summed E-state index contributed by atoms with van der Waals surface area (Å²) in [6.07, 6.45) is 0. The van der Waals surface area contributed by atoms with Crippen LogP contribution in [-0.2, 0) is 5.41 Å². The number of rotatable bonds is 3. The second-order valence-corrected chi connectivity index (χ2v) is 14.8. The minimum Gasteiger partial charge on any atom is -0.453 e. The molecule has 9 aromatic rings. The predicted molar refractivity (Wildman–Crippen MR) is 222 cm³/mol. The van der Waals surface area contributed by atoms with E-state index in [9.17, 15) is 0 Å². The van der Waals surface area contributed by atoms with Gasteiger partial charge in [0, 0.05) is 11.1 Å². The van der Waals surface area contributed by atoms with Gasteiger partial charge in [0.1, 0.15) is 0 Å². The lowest BCUT2D eigenvalue weighted by molar-refractivity contribution is 0.477. The summed E-state index contributed by atoms with van der Waals surface area (Å²) < 4.78 is 6.70. The minimum absolute atomic E-state index is 0.119. The normalized spacial score (nSPS) is 13.7. The molecule has 0 bridgehead atoms. The number of benzene rings is 9. The molecule has 0 atom stereocenters. The molecule has 0 fully saturated rings. The highest BCUT2D eigenvalue weighted by Gasteiger charge is 2.37. The summed E-state index contributed by atoms with van der Waals surface area (Å²) in [5.41, 5.74) is 13.5. The quantitative estimate of drug-likeness (QED) is 0.173. The van der Waals surface area contributed by atoms with Gasteiger partial charge in [0.15, 0.2) is 11.5 Å². The van der Waals surface area contributed by atoms with E-state index in [2.05, 4.69) is 189 Å². The average Bonchev–Trinajstić information content (AvgIpc) is 3.44. The smallest absolute Gasteiger partial charge is 0.152 e. The molecule has 0 saturated carbocycles. The van der Waals surface area contributed by atoms with E-state index in [0.717, 1.165) is 34.1 Å². The maximum Gasteiger partial charge on any atom is 0.152 e. The van der Waals surface area contributed by atoms with E-state index in [-0.39, 0.29) is 5.41 Å². The van der Waals surface area contributed by atoms with Gasteiger partial charge in [-0.15, -0.1) is 0 Å². The van der Waals surface area contributed by atoms with E-state index in [4.69, 9.17) is 4.74 Å². The molecule has 0 unspecified atom stereocenters. The molecule has 1 aliphatic carbocycles. The lowest BCUT2D eigenvalue weighted by Crippen LogP contribution is -2.15. The maximum atomic E-state index is 6.70. The van der Waals surface area contributed by atoms with E-state index in [0.29, 0.717) is 0 Å². The molecular weight excluding hydrogens is 643 g/mol. The first-order valence-corrected chi connectivity index (χ1v) is 18.4. The molecule has 2 heteroatoms.